The summed E-state index contributed by atoms with van der Waals surface area (Å²) < 4.78 is 10.4. The number of aryl methyl sites for hydroxylation is 2. The molecule has 1 aromatic carbocycles. The number of hydrogen-bond acceptors (Lipinski definition) is 5. The molecule has 0 radical (unpaired) electrons. The summed E-state index contributed by atoms with van der Waals surface area (Å²) >= 11 is 5.80. The number of pyridine rings is 1. The second kappa shape index (κ2) is 9.60. The molecule has 2 unspecified atom stereocenters. The number of carbonyl (C=O) groups excluding carboxylic acids is 1. The fourth-order valence-corrected chi connectivity index (χ4v) is 4.61. The molecule has 0 saturated carbocycles. The number of anilines is 2. The lowest BCUT2D eigenvalue weighted by Gasteiger charge is -2.28. The van der Waals surface area contributed by atoms with Crippen LogP contribution in [-0.2, 0) is 9.53 Å². The van der Waals surface area contributed by atoms with E-state index >= 15 is 0 Å². The predicted octanol–water partition coefficient (Wildman–Crippen LogP) is 3.80. The van der Waals surface area contributed by atoms with E-state index in [1.54, 1.807) is 13.3 Å². The molecule has 1 fully saturated rings. The van der Waals surface area contributed by atoms with Crippen molar-refractivity contribution in [3.05, 3.63) is 71.3 Å². The van der Waals surface area contributed by atoms with Gasteiger partial charge in [-0.2, -0.15) is 0 Å². The van der Waals surface area contributed by atoms with Gasteiger partial charge in [-0.25, -0.2) is 0 Å². The number of hydrogen-bond donors (Lipinski definition) is 3. The molecular weight excluding hydrogens is 438 g/mol. The van der Waals surface area contributed by atoms with Crippen LogP contribution < -0.4 is 20.3 Å². The van der Waals surface area contributed by atoms with Crippen LogP contribution in [0.5, 0.6) is 5.75 Å². The van der Waals surface area contributed by atoms with E-state index in [2.05, 4.69) is 38.5 Å². The van der Waals surface area contributed by atoms with Gasteiger partial charge in [0.15, 0.2) is 5.11 Å². The largest absolute Gasteiger partial charge is 0.495 e. The summed E-state index contributed by atoms with van der Waals surface area (Å²) in [5.41, 5.74) is 5.52. The number of aromatic nitrogens is 2. The minimum Gasteiger partial charge on any atom is -0.495 e. The van der Waals surface area contributed by atoms with E-state index in [1.807, 2.05) is 43.3 Å². The first-order valence-corrected chi connectivity index (χ1v) is 11.0. The number of thiocarbonyl (C=S) groups is 1. The van der Waals surface area contributed by atoms with Crippen molar-refractivity contribution in [2.24, 2.45) is 0 Å². The topological polar surface area (TPSA) is 91.5 Å². The Morgan fingerprint density at radius 1 is 1.21 bits per heavy atom. The molecular formula is C24H27N5O3S. The van der Waals surface area contributed by atoms with Gasteiger partial charge in [0.2, 0.25) is 5.91 Å². The molecule has 0 spiro atoms. The van der Waals surface area contributed by atoms with Crippen molar-refractivity contribution < 1.29 is 14.3 Å². The number of carbonyl (C=O) groups is 1. The van der Waals surface area contributed by atoms with Crippen molar-refractivity contribution in [1.29, 1.82) is 0 Å². The highest BCUT2D eigenvalue weighted by atomic mass is 32.1. The third-order valence-corrected chi connectivity index (χ3v) is 5.93. The molecule has 8 nitrogen and oxygen atoms in total. The highest BCUT2D eigenvalue weighted by Crippen LogP contribution is 2.44. The average molecular weight is 466 g/mol. The normalized spacial score (nSPS) is 17.7. The Hall–Kier alpha value is -3.43. The highest BCUT2D eigenvalue weighted by molar-refractivity contribution is 7.80. The lowest BCUT2D eigenvalue weighted by Crippen LogP contribution is -2.29. The van der Waals surface area contributed by atoms with Gasteiger partial charge in [0, 0.05) is 30.4 Å². The van der Waals surface area contributed by atoms with Crippen molar-refractivity contribution in [2.75, 3.05) is 31.0 Å². The molecule has 1 aliphatic rings. The zero-order valence-corrected chi connectivity index (χ0v) is 19.8. The third-order valence-electron chi connectivity index (χ3n) is 5.62. The Bertz CT molecular complexity index is 1160. The Kier molecular flexibility index (Phi) is 6.62. The summed E-state index contributed by atoms with van der Waals surface area (Å²) in [7, 11) is 3.04. The molecule has 1 saturated heterocycles. The number of H-pyrrole nitrogens is 1. The number of rotatable bonds is 7. The quantitative estimate of drug-likeness (QED) is 0.457. The van der Waals surface area contributed by atoms with Gasteiger partial charge in [-0.15, -0.1) is 0 Å². The first-order valence-electron chi connectivity index (χ1n) is 10.6. The van der Waals surface area contributed by atoms with E-state index in [4.69, 9.17) is 21.7 Å². The van der Waals surface area contributed by atoms with Gasteiger partial charge < -0.3 is 30.0 Å². The number of aromatic amines is 1. The third kappa shape index (κ3) is 4.55. The molecule has 3 aromatic rings. The van der Waals surface area contributed by atoms with Crippen LogP contribution in [0.1, 0.15) is 34.7 Å². The van der Waals surface area contributed by atoms with E-state index < -0.39 is 0 Å². The summed E-state index contributed by atoms with van der Waals surface area (Å²) in [6.45, 7) is 4.04. The molecule has 0 aliphatic carbocycles. The van der Waals surface area contributed by atoms with Crippen LogP contribution in [0.3, 0.4) is 0 Å². The van der Waals surface area contributed by atoms with Crippen molar-refractivity contribution >= 4 is 34.6 Å². The summed E-state index contributed by atoms with van der Waals surface area (Å²) in [5.74, 6) is 0.280. The van der Waals surface area contributed by atoms with E-state index in [1.165, 1.54) is 7.11 Å². The van der Waals surface area contributed by atoms with Crippen LogP contribution in [0.4, 0.5) is 11.4 Å². The molecule has 33 heavy (non-hydrogen) atoms. The molecule has 0 bridgehead atoms. The number of amides is 1. The van der Waals surface area contributed by atoms with Gasteiger partial charge in [0.25, 0.3) is 0 Å². The number of nitrogens with one attached hydrogen (secondary N) is 3. The van der Waals surface area contributed by atoms with Crippen LogP contribution in [0.25, 0.3) is 0 Å². The summed E-state index contributed by atoms with van der Waals surface area (Å²) in [5, 5.41) is 6.89. The predicted molar refractivity (Wildman–Crippen MR) is 132 cm³/mol. The van der Waals surface area contributed by atoms with Crippen LogP contribution >= 0.6 is 12.2 Å². The lowest BCUT2D eigenvalue weighted by atomic mass is 9.96. The lowest BCUT2D eigenvalue weighted by molar-refractivity contribution is -0.119. The van der Waals surface area contributed by atoms with Crippen molar-refractivity contribution in [3.63, 3.8) is 0 Å². The van der Waals surface area contributed by atoms with Gasteiger partial charge >= 0.3 is 0 Å². The molecule has 2 atom stereocenters. The average Bonchev–Trinajstić information content (AvgIpc) is 3.32. The Balaban J connectivity index is 1.80. The molecule has 1 amide bonds. The fraction of sp³-hybridized carbons (Fsp3) is 0.292. The second-order valence-corrected chi connectivity index (χ2v) is 8.28. The van der Waals surface area contributed by atoms with E-state index in [0.717, 1.165) is 28.3 Å². The zero-order chi connectivity index (χ0) is 23.5. The fourth-order valence-electron chi connectivity index (χ4n) is 4.26. The molecule has 1 aliphatic heterocycles. The monoisotopic (exact) mass is 465 g/mol. The summed E-state index contributed by atoms with van der Waals surface area (Å²) in [6.07, 6.45) is 1.78. The van der Waals surface area contributed by atoms with Gasteiger partial charge in [0.05, 0.1) is 30.6 Å². The molecule has 3 heterocycles. The molecule has 4 rings (SSSR count). The van der Waals surface area contributed by atoms with Crippen LogP contribution in [0, 0.1) is 13.8 Å². The van der Waals surface area contributed by atoms with E-state index in [-0.39, 0.29) is 24.6 Å². The maximum atomic E-state index is 12.2. The molecule has 3 N–H and O–H groups in total. The van der Waals surface area contributed by atoms with Gasteiger partial charge in [-0.05, 0) is 68.0 Å². The maximum Gasteiger partial charge on any atom is 0.250 e. The zero-order valence-electron chi connectivity index (χ0n) is 19.0. The van der Waals surface area contributed by atoms with Crippen LogP contribution in [0.2, 0.25) is 0 Å². The van der Waals surface area contributed by atoms with E-state index in [0.29, 0.717) is 16.5 Å². The minimum atomic E-state index is -0.268. The smallest absolute Gasteiger partial charge is 0.250 e. The molecule has 172 valence electrons. The van der Waals surface area contributed by atoms with Gasteiger partial charge in [-0.3, -0.25) is 9.78 Å². The van der Waals surface area contributed by atoms with Crippen molar-refractivity contribution in [3.8, 4) is 5.75 Å². The van der Waals surface area contributed by atoms with Gasteiger partial charge in [-0.1, -0.05) is 6.07 Å². The minimum absolute atomic E-state index is 0.0523. The second-order valence-electron chi connectivity index (χ2n) is 7.90. The Labute approximate surface area is 198 Å². The number of benzene rings is 1. The molecule has 2 aromatic heterocycles. The molecule has 9 heteroatoms. The maximum absolute atomic E-state index is 12.2. The number of methoxy groups -OCH3 is 2. The standard InChI is InChI=1S/C24H27N5O3S/c1-14-11-17(15(2)26-14)23-22(18-7-5-6-10-25-18)28-24(33)29(23)16-8-9-20(32-4)19(12-16)27-21(30)13-31-3/h5-12,22-23,26H,13H2,1-4H3,(H,27,30)(H,28,33). The Morgan fingerprint density at radius 3 is 2.67 bits per heavy atom. The highest BCUT2D eigenvalue weighted by Gasteiger charge is 2.42. The van der Waals surface area contributed by atoms with Crippen molar-refractivity contribution in [1.82, 2.24) is 15.3 Å². The van der Waals surface area contributed by atoms with Gasteiger partial charge in [0.1, 0.15) is 12.4 Å². The van der Waals surface area contributed by atoms with Crippen LogP contribution in [-0.4, -0.2) is 41.8 Å². The number of ether oxygens (including phenoxy) is 2. The Morgan fingerprint density at radius 2 is 2.03 bits per heavy atom. The van der Waals surface area contributed by atoms with Crippen molar-refractivity contribution in [2.45, 2.75) is 25.9 Å². The number of nitrogens with zero attached hydrogens (tertiary/aromatic N) is 2. The SMILES string of the molecule is COCC(=O)Nc1cc(N2C(=S)NC(c3ccccn3)C2c2cc(C)[nH]c2C)ccc1OC. The summed E-state index contributed by atoms with van der Waals surface area (Å²) in [4.78, 5) is 22.3. The van der Waals surface area contributed by atoms with E-state index in [9.17, 15) is 4.79 Å². The first-order chi connectivity index (χ1) is 15.9. The summed E-state index contributed by atoms with van der Waals surface area (Å²) in [6, 6.07) is 13.3. The van der Waals surface area contributed by atoms with Crippen LogP contribution in [0.15, 0.2) is 48.7 Å². The first kappa shape index (κ1) is 22.8.